The lowest BCUT2D eigenvalue weighted by Gasteiger charge is -2.11. The van der Waals surface area contributed by atoms with Gasteiger partial charge in [-0.05, 0) is 38.7 Å². The first-order valence-electron chi connectivity index (χ1n) is 9.45. The van der Waals surface area contributed by atoms with Gasteiger partial charge in [0.1, 0.15) is 0 Å². The molecule has 3 heterocycles. The molecule has 0 aliphatic carbocycles. The number of likely N-dealkylation sites (N-methyl/N-ethyl adjacent to an activating group) is 1. The standard InChI is InChI=1S/C20H22Cl2N6O2/c1-12-10-27-16-17(23-19(27)26(12)8-7-24(2)3)25(4)20(30)28(18(16)29)11-13-5-6-14(21)15(22)9-13/h5-6,9-10H,7-8,11H2,1-4H3. The second kappa shape index (κ2) is 7.61. The van der Waals surface area contributed by atoms with Crippen molar-refractivity contribution in [2.75, 3.05) is 20.6 Å². The molecular formula is C20H22Cl2N6O2. The molecule has 0 bridgehead atoms. The van der Waals surface area contributed by atoms with Gasteiger partial charge in [-0.25, -0.2) is 4.79 Å². The lowest BCUT2D eigenvalue weighted by atomic mass is 10.2. The lowest BCUT2D eigenvalue weighted by molar-refractivity contribution is 0.384. The molecule has 158 valence electrons. The van der Waals surface area contributed by atoms with Gasteiger partial charge in [0.15, 0.2) is 11.2 Å². The molecule has 4 rings (SSSR count). The number of hydrogen-bond acceptors (Lipinski definition) is 4. The van der Waals surface area contributed by atoms with Crippen LogP contribution < -0.4 is 11.2 Å². The molecule has 0 aliphatic heterocycles. The Kier molecular flexibility index (Phi) is 5.25. The third kappa shape index (κ3) is 3.34. The zero-order chi connectivity index (χ0) is 21.7. The van der Waals surface area contributed by atoms with Gasteiger partial charge in [0.2, 0.25) is 5.78 Å². The van der Waals surface area contributed by atoms with E-state index in [1.807, 2.05) is 31.8 Å². The first kappa shape index (κ1) is 20.7. The van der Waals surface area contributed by atoms with E-state index in [4.69, 9.17) is 23.2 Å². The summed E-state index contributed by atoms with van der Waals surface area (Å²) in [6.45, 7) is 3.62. The largest absolute Gasteiger partial charge is 0.332 e. The minimum absolute atomic E-state index is 0.0892. The Morgan fingerprint density at radius 3 is 2.50 bits per heavy atom. The van der Waals surface area contributed by atoms with E-state index in [1.165, 1.54) is 9.13 Å². The van der Waals surface area contributed by atoms with Gasteiger partial charge in [-0.15, -0.1) is 0 Å². The van der Waals surface area contributed by atoms with Crippen molar-refractivity contribution in [3.05, 3.63) is 66.5 Å². The first-order chi connectivity index (χ1) is 14.2. The number of imidazole rings is 2. The predicted octanol–water partition coefficient (Wildman–Crippen LogP) is 2.37. The minimum Gasteiger partial charge on any atom is -0.313 e. The fourth-order valence-electron chi connectivity index (χ4n) is 3.59. The molecule has 8 nitrogen and oxygen atoms in total. The topological polar surface area (TPSA) is 69.5 Å². The van der Waals surface area contributed by atoms with Crippen molar-refractivity contribution in [1.29, 1.82) is 0 Å². The van der Waals surface area contributed by atoms with E-state index >= 15 is 0 Å². The Labute approximate surface area is 182 Å². The third-order valence-electron chi connectivity index (χ3n) is 5.24. The van der Waals surface area contributed by atoms with Crippen LogP contribution in [0, 0.1) is 6.92 Å². The maximum atomic E-state index is 13.3. The summed E-state index contributed by atoms with van der Waals surface area (Å²) in [4.78, 5) is 33.0. The Morgan fingerprint density at radius 1 is 1.10 bits per heavy atom. The molecule has 0 N–H and O–H groups in total. The van der Waals surface area contributed by atoms with E-state index in [9.17, 15) is 9.59 Å². The van der Waals surface area contributed by atoms with Gasteiger partial charge < -0.3 is 9.47 Å². The van der Waals surface area contributed by atoms with Gasteiger partial charge in [0, 0.05) is 32.0 Å². The molecule has 3 aromatic heterocycles. The lowest BCUT2D eigenvalue weighted by Crippen LogP contribution is -2.39. The summed E-state index contributed by atoms with van der Waals surface area (Å²) in [5.41, 5.74) is 1.61. The average molecular weight is 449 g/mol. The molecule has 1 aromatic carbocycles. The molecule has 0 saturated carbocycles. The highest BCUT2D eigenvalue weighted by Gasteiger charge is 2.20. The maximum absolute atomic E-state index is 13.3. The predicted molar refractivity (Wildman–Crippen MR) is 119 cm³/mol. The second-order valence-electron chi connectivity index (χ2n) is 7.66. The number of hydrogen-bond donors (Lipinski definition) is 0. The second-order valence-corrected chi connectivity index (χ2v) is 8.48. The molecule has 0 fully saturated rings. The summed E-state index contributed by atoms with van der Waals surface area (Å²) in [7, 11) is 5.63. The van der Waals surface area contributed by atoms with Crippen molar-refractivity contribution < 1.29 is 0 Å². The fourth-order valence-corrected chi connectivity index (χ4v) is 3.91. The number of rotatable bonds is 5. The molecule has 4 aromatic rings. The smallest absolute Gasteiger partial charge is 0.313 e. The average Bonchev–Trinajstić information content (AvgIpc) is 3.19. The zero-order valence-corrected chi connectivity index (χ0v) is 18.7. The van der Waals surface area contributed by atoms with Crippen LogP contribution in [0.2, 0.25) is 10.0 Å². The van der Waals surface area contributed by atoms with Crippen LogP contribution in [0.1, 0.15) is 11.3 Å². The molecule has 10 heteroatoms. The van der Waals surface area contributed by atoms with E-state index in [2.05, 4.69) is 9.88 Å². The van der Waals surface area contributed by atoms with E-state index in [-0.39, 0.29) is 6.54 Å². The number of aromatic nitrogens is 5. The molecule has 0 amide bonds. The van der Waals surface area contributed by atoms with Crippen molar-refractivity contribution in [2.24, 2.45) is 7.05 Å². The van der Waals surface area contributed by atoms with Crippen LogP contribution in [0.25, 0.3) is 16.9 Å². The summed E-state index contributed by atoms with van der Waals surface area (Å²) < 4.78 is 6.43. The Hall–Kier alpha value is -2.55. The van der Waals surface area contributed by atoms with Gasteiger partial charge in [0.05, 0.1) is 16.6 Å². The summed E-state index contributed by atoms with van der Waals surface area (Å²) in [5, 5.41) is 0.795. The van der Waals surface area contributed by atoms with E-state index < -0.39 is 11.2 Å². The van der Waals surface area contributed by atoms with Gasteiger partial charge in [-0.1, -0.05) is 29.3 Å². The molecule has 0 saturated heterocycles. The van der Waals surface area contributed by atoms with Crippen LogP contribution in [0.15, 0.2) is 34.0 Å². The minimum atomic E-state index is -0.434. The number of fused-ring (bicyclic) bond motifs is 3. The molecule has 30 heavy (non-hydrogen) atoms. The van der Waals surface area contributed by atoms with E-state index in [1.54, 1.807) is 29.6 Å². The Bertz CT molecular complexity index is 1390. The molecular weight excluding hydrogens is 427 g/mol. The Morgan fingerprint density at radius 2 is 1.83 bits per heavy atom. The van der Waals surface area contributed by atoms with Crippen molar-refractivity contribution in [2.45, 2.75) is 20.0 Å². The van der Waals surface area contributed by atoms with Gasteiger partial charge in [-0.3, -0.25) is 18.3 Å². The molecule has 0 spiro atoms. The van der Waals surface area contributed by atoms with Crippen molar-refractivity contribution >= 4 is 40.1 Å². The zero-order valence-electron chi connectivity index (χ0n) is 17.2. The number of benzene rings is 1. The Balaban J connectivity index is 1.92. The highest BCUT2D eigenvalue weighted by molar-refractivity contribution is 6.42. The summed E-state index contributed by atoms with van der Waals surface area (Å²) in [6, 6.07) is 5.06. The van der Waals surface area contributed by atoms with Gasteiger partial charge >= 0.3 is 5.69 Å². The third-order valence-corrected chi connectivity index (χ3v) is 5.98. The van der Waals surface area contributed by atoms with E-state index in [0.717, 1.165) is 18.8 Å². The fraction of sp³-hybridized carbons (Fsp3) is 0.350. The number of halogens is 2. The quantitative estimate of drug-likeness (QED) is 0.469. The molecule has 0 aliphatic rings. The summed E-state index contributed by atoms with van der Waals surface area (Å²) >= 11 is 12.1. The van der Waals surface area contributed by atoms with Crippen LogP contribution >= 0.6 is 23.2 Å². The maximum Gasteiger partial charge on any atom is 0.332 e. The van der Waals surface area contributed by atoms with Crippen LogP contribution in [0.4, 0.5) is 0 Å². The highest BCUT2D eigenvalue weighted by Crippen LogP contribution is 2.23. The van der Waals surface area contributed by atoms with Crippen LogP contribution in [-0.4, -0.2) is 48.6 Å². The van der Waals surface area contributed by atoms with Crippen molar-refractivity contribution in [1.82, 2.24) is 28.0 Å². The van der Waals surface area contributed by atoms with Crippen LogP contribution in [0.5, 0.6) is 0 Å². The van der Waals surface area contributed by atoms with Crippen molar-refractivity contribution in [3.63, 3.8) is 0 Å². The van der Waals surface area contributed by atoms with Crippen molar-refractivity contribution in [3.8, 4) is 0 Å². The summed E-state index contributed by atoms with van der Waals surface area (Å²) in [5.74, 6) is 0.642. The normalized spacial score (nSPS) is 12.0. The SMILES string of the molecule is Cc1cn2c3c(=O)n(Cc4ccc(Cl)c(Cl)c4)c(=O)n(C)c3nc2n1CCN(C)C. The van der Waals surface area contributed by atoms with Crippen LogP contribution in [0.3, 0.4) is 0 Å². The van der Waals surface area contributed by atoms with E-state index in [0.29, 0.717) is 32.6 Å². The van der Waals surface area contributed by atoms with Gasteiger partial charge in [0.25, 0.3) is 5.56 Å². The van der Waals surface area contributed by atoms with Gasteiger partial charge in [-0.2, -0.15) is 4.98 Å². The molecule has 0 unspecified atom stereocenters. The monoisotopic (exact) mass is 448 g/mol. The van der Waals surface area contributed by atoms with Crippen LogP contribution in [-0.2, 0) is 20.1 Å². The first-order valence-corrected chi connectivity index (χ1v) is 10.2. The number of nitrogens with zero attached hydrogens (tertiary/aromatic N) is 6. The highest BCUT2D eigenvalue weighted by atomic mass is 35.5. The molecule has 0 radical (unpaired) electrons. The summed E-state index contributed by atoms with van der Waals surface area (Å²) in [6.07, 6.45) is 1.88. The number of aryl methyl sites for hydroxylation is 2. The molecule has 0 atom stereocenters.